The fourth-order valence-corrected chi connectivity index (χ4v) is 2.08. The highest BCUT2D eigenvalue weighted by molar-refractivity contribution is 5.89. The molecule has 1 atom stereocenters. The molecule has 1 aromatic rings. The molecule has 0 bridgehead atoms. The Balaban J connectivity index is 2.15. The zero-order valence-electron chi connectivity index (χ0n) is 10.8. The average Bonchev–Trinajstić information content (AvgIpc) is 3.14. The highest BCUT2D eigenvalue weighted by atomic mass is 16.5. The van der Waals surface area contributed by atoms with E-state index in [0.29, 0.717) is 18.1 Å². The fraction of sp³-hybridized carbons (Fsp3) is 0.500. The Kier molecular flexibility index (Phi) is 3.87. The molecule has 1 aliphatic carbocycles. The molecule has 4 nitrogen and oxygen atoms in total. The van der Waals surface area contributed by atoms with E-state index in [9.17, 15) is 4.79 Å². The number of nitrogens with one attached hydrogen (secondary N) is 1. The third-order valence-electron chi connectivity index (χ3n) is 3.36. The molecule has 0 saturated heterocycles. The molecule has 1 saturated carbocycles. The molecule has 4 heteroatoms. The number of anilines is 1. The van der Waals surface area contributed by atoms with Crippen molar-refractivity contribution in [2.45, 2.75) is 25.8 Å². The van der Waals surface area contributed by atoms with Gasteiger partial charge in [0.05, 0.1) is 18.2 Å². The van der Waals surface area contributed by atoms with Gasteiger partial charge in [-0.1, -0.05) is 6.07 Å². The number of ether oxygens (including phenoxy) is 1. The van der Waals surface area contributed by atoms with Gasteiger partial charge in [-0.15, -0.1) is 0 Å². The van der Waals surface area contributed by atoms with Crippen LogP contribution >= 0.6 is 0 Å². The van der Waals surface area contributed by atoms with Crippen molar-refractivity contribution < 1.29 is 14.6 Å². The van der Waals surface area contributed by atoms with Crippen LogP contribution in [-0.2, 0) is 4.74 Å². The number of methoxy groups -OCH3 is 1. The molecule has 1 aliphatic rings. The van der Waals surface area contributed by atoms with Crippen LogP contribution in [0.5, 0.6) is 0 Å². The molecule has 0 amide bonds. The van der Waals surface area contributed by atoms with Crippen LogP contribution in [0.4, 0.5) is 5.69 Å². The lowest BCUT2D eigenvalue weighted by molar-refractivity contribution is 0.0697. The largest absolute Gasteiger partial charge is 0.478 e. The molecular weight excluding hydrogens is 230 g/mol. The van der Waals surface area contributed by atoms with Crippen molar-refractivity contribution in [2.24, 2.45) is 5.92 Å². The van der Waals surface area contributed by atoms with Crippen molar-refractivity contribution >= 4 is 11.7 Å². The van der Waals surface area contributed by atoms with Crippen LogP contribution < -0.4 is 5.32 Å². The van der Waals surface area contributed by atoms with E-state index in [1.54, 1.807) is 19.2 Å². The minimum absolute atomic E-state index is 0.276. The van der Waals surface area contributed by atoms with Crippen molar-refractivity contribution in [3.05, 3.63) is 29.3 Å². The van der Waals surface area contributed by atoms with E-state index in [-0.39, 0.29) is 6.04 Å². The summed E-state index contributed by atoms with van der Waals surface area (Å²) in [5.41, 5.74) is 2.26. The van der Waals surface area contributed by atoms with Crippen LogP contribution in [0.15, 0.2) is 18.2 Å². The molecule has 0 radical (unpaired) electrons. The lowest BCUT2D eigenvalue weighted by Crippen LogP contribution is -2.27. The second-order valence-corrected chi connectivity index (χ2v) is 4.88. The summed E-state index contributed by atoms with van der Waals surface area (Å²) in [7, 11) is 1.69. The number of carboxylic acid groups (broad SMARTS) is 1. The molecule has 0 heterocycles. The quantitative estimate of drug-likeness (QED) is 0.813. The summed E-state index contributed by atoms with van der Waals surface area (Å²) in [6.45, 7) is 2.63. The molecule has 98 valence electrons. The number of benzene rings is 1. The summed E-state index contributed by atoms with van der Waals surface area (Å²) < 4.78 is 5.22. The van der Waals surface area contributed by atoms with Crippen molar-refractivity contribution in [2.75, 3.05) is 19.0 Å². The van der Waals surface area contributed by atoms with Gasteiger partial charge in [0.2, 0.25) is 0 Å². The Hall–Kier alpha value is -1.55. The van der Waals surface area contributed by atoms with E-state index >= 15 is 0 Å². The number of carboxylic acids is 1. The van der Waals surface area contributed by atoms with E-state index in [4.69, 9.17) is 9.84 Å². The number of aromatic carboxylic acids is 1. The van der Waals surface area contributed by atoms with Gasteiger partial charge in [-0.25, -0.2) is 4.79 Å². The van der Waals surface area contributed by atoms with Gasteiger partial charge >= 0.3 is 5.97 Å². The number of hydrogen-bond acceptors (Lipinski definition) is 3. The second-order valence-electron chi connectivity index (χ2n) is 4.88. The van der Waals surface area contributed by atoms with Crippen LogP contribution in [0.2, 0.25) is 0 Å². The maximum absolute atomic E-state index is 11.0. The zero-order valence-corrected chi connectivity index (χ0v) is 10.8. The Morgan fingerprint density at radius 1 is 1.56 bits per heavy atom. The van der Waals surface area contributed by atoms with Gasteiger partial charge < -0.3 is 15.2 Å². The molecule has 18 heavy (non-hydrogen) atoms. The predicted molar refractivity (Wildman–Crippen MR) is 70.1 cm³/mol. The Labute approximate surface area is 107 Å². The van der Waals surface area contributed by atoms with Gasteiger partial charge in [0.1, 0.15) is 0 Å². The summed E-state index contributed by atoms with van der Waals surface area (Å²) in [5, 5.41) is 12.4. The maximum Gasteiger partial charge on any atom is 0.335 e. The van der Waals surface area contributed by atoms with Gasteiger partial charge in [0.25, 0.3) is 0 Å². The number of hydrogen-bond donors (Lipinski definition) is 2. The third-order valence-corrected chi connectivity index (χ3v) is 3.36. The molecule has 1 aromatic carbocycles. The predicted octanol–water partition coefficient (Wildman–Crippen LogP) is 2.53. The van der Waals surface area contributed by atoms with Gasteiger partial charge in [-0.2, -0.15) is 0 Å². The van der Waals surface area contributed by atoms with Crippen LogP contribution in [0.3, 0.4) is 0 Å². The molecule has 0 aromatic heterocycles. The monoisotopic (exact) mass is 249 g/mol. The Bertz CT molecular complexity index is 441. The third kappa shape index (κ3) is 3.01. The lowest BCUT2D eigenvalue weighted by Gasteiger charge is -2.20. The standard InChI is InChI=1S/C14H19NO3/c1-9-3-4-11(14(16)17)7-12(9)15-13(8-18-2)10-5-6-10/h3-4,7,10,13,15H,5-6,8H2,1-2H3,(H,16,17). The maximum atomic E-state index is 11.0. The molecule has 2 N–H and O–H groups in total. The van der Waals surface area contributed by atoms with Crippen LogP contribution in [-0.4, -0.2) is 30.8 Å². The van der Waals surface area contributed by atoms with Crippen LogP contribution in [0, 0.1) is 12.8 Å². The molecule has 2 rings (SSSR count). The van der Waals surface area contributed by atoms with Gasteiger partial charge in [-0.05, 0) is 43.4 Å². The van der Waals surface area contributed by atoms with Gasteiger partial charge in [0.15, 0.2) is 0 Å². The minimum atomic E-state index is -0.896. The first kappa shape index (κ1) is 12.9. The first-order chi connectivity index (χ1) is 8.61. The smallest absolute Gasteiger partial charge is 0.335 e. The summed E-state index contributed by atoms with van der Waals surface area (Å²) >= 11 is 0. The molecule has 0 spiro atoms. The van der Waals surface area contributed by atoms with Gasteiger partial charge in [-0.3, -0.25) is 0 Å². The van der Waals surface area contributed by atoms with E-state index in [2.05, 4.69) is 5.32 Å². The SMILES string of the molecule is COCC(Nc1cc(C(=O)O)ccc1C)C1CC1. The normalized spacial score (nSPS) is 16.3. The van der Waals surface area contributed by atoms with Crippen molar-refractivity contribution in [3.63, 3.8) is 0 Å². The number of carbonyl (C=O) groups is 1. The lowest BCUT2D eigenvalue weighted by atomic mass is 10.1. The van der Waals surface area contributed by atoms with E-state index in [1.165, 1.54) is 12.8 Å². The number of rotatable bonds is 6. The first-order valence-corrected chi connectivity index (χ1v) is 6.21. The summed E-state index contributed by atoms with van der Waals surface area (Å²) in [4.78, 5) is 11.0. The summed E-state index contributed by atoms with van der Waals surface area (Å²) in [5.74, 6) is -0.245. The summed E-state index contributed by atoms with van der Waals surface area (Å²) in [6.07, 6.45) is 2.44. The van der Waals surface area contributed by atoms with Crippen molar-refractivity contribution in [1.29, 1.82) is 0 Å². The fourth-order valence-electron chi connectivity index (χ4n) is 2.08. The minimum Gasteiger partial charge on any atom is -0.478 e. The number of aryl methyl sites for hydroxylation is 1. The molecular formula is C14H19NO3. The van der Waals surface area contributed by atoms with E-state index in [0.717, 1.165) is 11.3 Å². The van der Waals surface area contributed by atoms with Gasteiger partial charge in [0, 0.05) is 12.8 Å². The summed E-state index contributed by atoms with van der Waals surface area (Å²) in [6, 6.07) is 5.44. The molecule has 1 fully saturated rings. The van der Waals surface area contributed by atoms with Crippen LogP contribution in [0.1, 0.15) is 28.8 Å². The molecule has 0 aliphatic heterocycles. The molecule has 1 unspecified atom stereocenters. The average molecular weight is 249 g/mol. The van der Waals surface area contributed by atoms with Crippen molar-refractivity contribution in [1.82, 2.24) is 0 Å². The first-order valence-electron chi connectivity index (χ1n) is 6.21. The van der Waals surface area contributed by atoms with Crippen molar-refractivity contribution in [3.8, 4) is 0 Å². The Morgan fingerprint density at radius 3 is 2.83 bits per heavy atom. The van der Waals surface area contributed by atoms with Crippen LogP contribution in [0.25, 0.3) is 0 Å². The van der Waals surface area contributed by atoms with E-state index < -0.39 is 5.97 Å². The van der Waals surface area contributed by atoms with E-state index in [1.807, 2.05) is 13.0 Å². The topological polar surface area (TPSA) is 58.6 Å². The highest BCUT2D eigenvalue weighted by Crippen LogP contribution is 2.35. The Morgan fingerprint density at radius 2 is 2.28 bits per heavy atom. The second kappa shape index (κ2) is 5.40. The highest BCUT2D eigenvalue weighted by Gasteiger charge is 2.31. The zero-order chi connectivity index (χ0) is 13.1.